The molecule has 1 fully saturated rings. The Hall–Kier alpha value is -2.58. The molecule has 1 N–H and O–H groups in total. The Morgan fingerprint density at radius 2 is 1.66 bits per heavy atom. The van der Waals surface area contributed by atoms with Gasteiger partial charge in [0, 0.05) is 17.6 Å². The molecular formula is C26H34ClN3O4S. The number of para-hydroxylation sites is 1. The number of carbonyl (C=O) groups excluding carboxylic acids is 2. The van der Waals surface area contributed by atoms with E-state index < -0.39 is 28.5 Å². The van der Waals surface area contributed by atoms with Crippen LogP contribution in [0.5, 0.6) is 0 Å². The van der Waals surface area contributed by atoms with Crippen LogP contribution < -0.4 is 9.62 Å². The van der Waals surface area contributed by atoms with Crippen LogP contribution in [0.1, 0.15) is 51.0 Å². The third-order valence-electron chi connectivity index (χ3n) is 6.36. The highest BCUT2D eigenvalue weighted by Gasteiger charge is 2.33. The van der Waals surface area contributed by atoms with E-state index >= 15 is 0 Å². The van der Waals surface area contributed by atoms with Crippen LogP contribution in [0.4, 0.5) is 5.69 Å². The summed E-state index contributed by atoms with van der Waals surface area (Å²) in [5, 5.41) is 3.61. The number of rotatable bonds is 10. The minimum Gasteiger partial charge on any atom is -0.352 e. The predicted octanol–water partition coefficient (Wildman–Crippen LogP) is 4.36. The fraction of sp³-hybridized carbons (Fsp3) is 0.462. The smallest absolute Gasteiger partial charge is 0.244 e. The van der Waals surface area contributed by atoms with Gasteiger partial charge in [0.15, 0.2) is 0 Å². The summed E-state index contributed by atoms with van der Waals surface area (Å²) in [6.07, 6.45) is 6.63. The molecule has 9 heteroatoms. The number of anilines is 1. The molecule has 1 aliphatic rings. The average Bonchev–Trinajstić information content (AvgIpc) is 2.84. The summed E-state index contributed by atoms with van der Waals surface area (Å²) >= 11 is 6.39. The van der Waals surface area contributed by atoms with E-state index in [0.29, 0.717) is 22.7 Å². The first-order valence-corrected chi connectivity index (χ1v) is 14.3. The van der Waals surface area contributed by atoms with Crippen molar-refractivity contribution < 1.29 is 18.0 Å². The average molecular weight is 520 g/mol. The Balaban J connectivity index is 1.90. The topological polar surface area (TPSA) is 86.8 Å². The molecule has 7 nitrogen and oxygen atoms in total. The Kier molecular flexibility index (Phi) is 9.57. The number of benzene rings is 2. The first-order chi connectivity index (χ1) is 16.7. The lowest BCUT2D eigenvalue weighted by Gasteiger charge is -2.34. The van der Waals surface area contributed by atoms with Crippen molar-refractivity contribution in [2.45, 2.75) is 64.1 Å². The van der Waals surface area contributed by atoms with Crippen LogP contribution in [0.2, 0.25) is 5.02 Å². The second kappa shape index (κ2) is 12.4. The molecule has 1 aliphatic carbocycles. The van der Waals surface area contributed by atoms with Gasteiger partial charge in [-0.2, -0.15) is 0 Å². The molecule has 2 aromatic carbocycles. The molecule has 190 valence electrons. The summed E-state index contributed by atoms with van der Waals surface area (Å²) in [7, 11) is -3.74. The van der Waals surface area contributed by atoms with Gasteiger partial charge in [-0.3, -0.25) is 13.9 Å². The molecule has 1 atom stereocenters. The van der Waals surface area contributed by atoms with Gasteiger partial charge in [0.1, 0.15) is 12.6 Å². The van der Waals surface area contributed by atoms with Crippen molar-refractivity contribution in [3.8, 4) is 0 Å². The van der Waals surface area contributed by atoms with E-state index in [1.807, 2.05) is 13.0 Å². The number of hydrogen-bond acceptors (Lipinski definition) is 4. The highest BCUT2D eigenvalue weighted by Crippen LogP contribution is 2.23. The Morgan fingerprint density at radius 1 is 1.03 bits per heavy atom. The molecule has 0 aliphatic heterocycles. The van der Waals surface area contributed by atoms with Gasteiger partial charge < -0.3 is 10.2 Å². The SMILES string of the molecule is CC[C@@H](C(=O)NC1CCCCC1)N(Cc1ccccc1Cl)C(=O)CN(c1ccccc1)S(C)(=O)=O. The number of sulfonamides is 1. The molecule has 1 saturated carbocycles. The van der Waals surface area contributed by atoms with Crippen LogP contribution in [0.15, 0.2) is 54.6 Å². The third kappa shape index (κ3) is 7.45. The summed E-state index contributed by atoms with van der Waals surface area (Å²) in [5.74, 6) is -0.685. The van der Waals surface area contributed by atoms with Crippen LogP contribution in [-0.2, 0) is 26.2 Å². The van der Waals surface area contributed by atoms with Crippen molar-refractivity contribution in [1.29, 1.82) is 0 Å². The molecule has 0 unspecified atom stereocenters. The highest BCUT2D eigenvalue weighted by molar-refractivity contribution is 7.92. The third-order valence-corrected chi connectivity index (χ3v) is 7.87. The van der Waals surface area contributed by atoms with E-state index in [9.17, 15) is 18.0 Å². The second-order valence-electron chi connectivity index (χ2n) is 8.99. The second-order valence-corrected chi connectivity index (χ2v) is 11.3. The maximum atomic E-state index is 13.7. The van der Waals surface area contributed by atoms with Crippen molar-refractivity contribution in [1.82, 2.24) is 10.2 Å². The Bertz CT molecular complexity index is 1100. The van der Waals surface area contributed by atoms with Crippen LogP contribution in [0, 0.1) is 0 Å². The predicted molar refractivity (Wildman–Crippen MR) is 140 cm³/mol. The van der Waals surface area contributed by atoms with E-state index in [1.165, 1.54) is 11.3 Å². The van der Waals surface area contributed by atoms with Crippen LogP contribution in [-0.4, -0.2) is 50.0 Å². The van der Waals surface area contributed by atoms with Gasteiger partial charge in [-0.1, -0.05) is 74.2 Å². The van der Waals surface area contributed by atoms with E-state index in [4.69, 9.17) is 11.6 Å². The summed E-state index contributed by atoms with van der Waals surface area (Å²) in [6, 6.07) is 15.0. The van der Waals surface area contributed by atoms with Gasteiger partial charge in [0.25, 0.3) is 0 Å². The summed E-state index contributed by atoms with van der Waals surface area (Å²) in [5.41, 5.74) is 1.08. The van der Waals surface area contributed by atoms with Gasteiger partial charge in [-0.25, -0.2) is 8.42 Å². The lowest BCUT2D eigenvalue weighted by atomic mass is 9.95. The number of nitrogens with zero attached hydrogens (tertiary/aromatic N) is 2. The van der Waals surface area contributed by atoms with Gasteiger partial charge in [0.2, 0.25) is 21.8 Å². The molecule has 0 aromatic heterocycles. The van der Waals surface area contributed by atoms with Crippen molar-refractivity contribution >= 4 is 39.1 Å². The first kappa shape index (κ1) is 27.0. The fourth-order valence-electron chi connectivity index (χ4n) is 4.48. The number of amides is 2. The Labute approximate surface area is 213 Å². The van der Waals surface area contributed by atoms with Crippen LogP contribution in [0.25, 0.3) is 0 Å². The number of nitrogens with one attached hydrogen (secondary N) is 1. The zero-order valence-electron chi connectivity index (χ0n) is 20.3. The number of halogens is 1. The zero-order valence-corrected chi connectivity index (χ0v) is 21.9. The molecule has 2 aromatic rings. The first-order valence-electron chi connectivity index (χ1n) is 12.1. The maximum absolute atomic E-state index is 13.7. The van der Waals surface area contributed by atoms with Gasteiger partial charge >= 0.3 is 0 Å². The molecule has 3 rings (SSSR count). The summed E-state index contributed by atoms with van der Waals surface area (Å²) < 4.78 is 26.3. The fourth-order valence-corrected chi connectivity index (χ4v) is 5.53. The molecule has 0 spiro atoms. The van der Waals surface area contributed by atoms with Crippen molar-refractivity contribution in [3.05, 3.63) is 65.2 Å². The number of carbonyl (C=O) groups is 2. The molecular weight excluding hydrogens is 486 g/mol. The standard InChI is InChI=1S/C26H34ClN3O4S/c1-3-24(26(32)28-21-13-6-4-7-14-21)29(18-20-12-10-11-17-23(20)27)25(31)19-30(35(2,33)34)22-15-8-5-9-16-22/h5,8-12,15-17,21,24H,3-4,6-7,13-14,18-19H2,1-2H3,(H,28,32)/t24-/m0/s1. The van der Waals surface area contributed by atoms with Gasteiger partial charge in [-0.05, 0) is 43.0 Å². The molecule has 35 heavy (non-hydrogen) atoms. The lowest BCUT2D eigenvalue weighted by Crippen LogP contribution is -2.54. The minimum absolute atomic E-state index is 0.0967. The molecule has 0 heterocycles. The largest absolute Gasteiger partial charge is 0.352 e. The van der Waals surface area contributed by atoms with Gasteiger partial charge in [-0.15, -0.1) is 0 Å². The minimum atomic E-state index is -3.74. The molecule has 0 bridgehead atoms. The van der Waals surface area contributed by atoms with Crippen LogP contribution in [0.3, 0.4) is 0 Å². The van der Waals surface area contributed by atoms with Crippen LogP contribution >= 0.6 is 11.6 Å². The quantitative estimate of drug-likeness (QED) is 0.505. The van der Waals surface area contributed by atoms with E-state index in [2.05, 4.69) is 5.32 Å². The normalized spacial score (nSPS) is 15.3. The summed E-state index contributed by atoms with van der Waals surface area (Å²) in [6.45, 7) is 1.53. The van der Waals surface area contributed by atoms with Crippen molar-refractivity contribution in [2.24, 2.45) is 0 Å². The molecule has 0 saturated heterocycles. The van der Waals surface area contributed by atoms with E-state index in [1.54, 1.807) is 48.5 Å². The lowest BCUT2D eigenvalue weighted by molar-refractivity contribution is -0.140. The van der Waals surface area contributed by atoms with Crippen molar-refractivity contribution in [3.63, 3.8) is 0 Å². The van der Waals surface area contributed by atoms with Crippen molar-refractivity contribution in [2.75, 3.05) is 17.1 Å². The van der Waals surface area contributed by atoms with E-state index in [0.717, 1.165) is 36.2 Å². The molecule has 0 radical (unpaired) electrons. The van der Waals surface area contributed by atoms with E-state index in [-0.39, 0.29) is 18.5 Å². The monoisotopic (exact) mass is 519 g/mol. The summed E-state index contributed by atoms with van der Waals surface area (Å²) in [4.78, 5) is 28.5. The maximum Gasteiger partial charge on any atom is 0.244 e. The number of hydrogen-bond donors (Lipinski definition) is 1. The Morgan fingerprint density at radius 3 is 2.26 bits per heavy atom. The van der Waals surface area contributed by atoms with Gasteiger partial charge in [0.05, 0.1) is 11.9 Å². The zero-order chi connectivity index (χ0) is 25.4. The molecule has 2 amide bonds. The highest BCUT2D eigenvalue weighted by atomic mass is 35.5.